The third-order valence-corrected chi connectivity index (χ3v) is 5.55. The summed E-state index contributed by atoms with van der Waals surface area (Å²) in [5.74, 6) is -0.274. The molecule has 1 saturated heterocycles. The van der Waals surface area contributed by atoms with Crippen LogP contribution in [0.4, 0.5) is 4.79 Å². The highest BCUT2D eigenvalue weighted by atomic mass is 16.6. The summed E-state index contributed by atoms with van der Waals surface area (Å²) in [5.41, 5.74) is 2.12. The van der Waals surface area contributed by atoms with Crippen LogP contribution in [-0.4, -0.2) is 88.5 Å². The Kier molecular flexibility index (Phi) is 8.74. The summed E-state index contributed by atoms with van der Waals surface area (Å²) in [5, 5.41) is 0. The van der Waals surface area contributed by atoms with Crippen molar-refractivity contribution in [2.75, 3.05) is 45.9 Å². The van der Waals surface area contributed by atoms with Crippen LogP contribution in [0.2, 0.25) is 0 Å². The molecule has 3 amide bonds. The largest absolute Gasteiger partial charge is 0.450 e. The molecule has 0 spiro atoms. The summed E-state index contributed by atoms with van der Waals surface area (Å²) in [6.07, 6.45) is 3.58. The Bertz CT molecular complexity index is 928. The monoisotopic (exact) mass is 453 g/mol. The number of amides is 3. The maximum atomic E-state index is 13.1. The molecule has 2 aromatic rings. The highest BCUT2D eigenvalue weighted by molar-refractivity contribution is 5.92. The Morgan fingerprint density at radius 1 is 0.970 bits per heavy atom. The van der Waals surface area contributed by atoms with Gasteiger partial charge in [-0.25, -0.2) is 9.78 Å². The number of aromatic nitrogens is 2. The zero-order valence-electron chi connectivity index (χ0n) is 19.3. The summed E-state index contributed by atoms with van der Waals surface area (Å²) in [4.78, 5) is 51.2. The molecule has 33 heavy (non-hydrogen) atoms. The Balaban J connectivity index is 1.58. The maximum absolute atomic E-state index is 13.1. The van der Waals surface area contributed by atoms with Gasteiger partial charge in [0.2, 0.25) is 5.91 Å². The van der Waals surface area contributed by atoms with Crippen LogP contribution in [-0.2, 0) is 16.0 Å². The lowest BCUT2D eigenvalue weighted by atomic mass is 10.1. The third kappa shape index (κ3) is 7.00. The standard InChI is InChI=1S/C24H31N5O4/c1-3-33-24(32)29-15-13-27(14-16-29)22(30)10-12-28(11-9-20-7-5-4-6-8-20)23(31)21-18-25-19(2)17-26-21/h4-8,17-18H,3,9-16H2,1-2H3. The van der Waals surface area contributed by atoms with E-state index >= 15 is 0 Å². The van der Waals surface area contributed by atoms with Gasteiger partial charge in [-0.3, -0.25) is 14.6 Å². The van der Waals surface area contributed by atoms with Gasteiger partial charge >= 0.3 is 6.09 Å². The van der Waals surface area contributed by atoms with Crippen LogP contribution in [0.1, 0.15) is 35.1 Å². The number of ether oxygens (including phenoxy) is 1. The number of carbonyl (C=O) groups is 3. The van der Waals surface area contributed by atoms with Crippen LogP contribution >= 0.6 is 0 Å². The number of nitrogens with zero attached hydrogens (tertiary/aromatic N) is 5. The molecule has 1 aliphatic rings. The molecule has 1 fully saturated rings. The molecule has 1 aliphatic heterocycles. The minimum atomic E-state index is -0.346. The number of rotatable bonds is 8. The molecule has 1 aromatic heterocycles. The molecule has 0 aliphatic carbocycles. The lowest BCUT2D eigenvalue weighted by Crippen LogP contribution is -2.51. The van der Waals surface area contributed by atoms with Gasteiger partial charge in [-0.15, -0.1) is 0 Å². The second kappa shape index (κ2) is 11.9. The molecule has 0 N–H and O–H groups in total. The van der Waals surface area contributed by atoms with Gasteiger partial charge in [-0.05, 0) is 25.8 Å². The molecule has 0 bridgehead atoms. The fourth-order valence-electron chi connectivity index (χ4n) is 3.63. The van der Waals surface area contributed by atoms with E-state index < -0.39 is 0 Å². The second-order valence-corrected chi connectivity index (χ2v) is 7.89. The zero-order valence-corrected chi connectivity index (χ0v) is 19.3. The van der Waals surface area contributed by atoms with E-state index in [1.807, 2.05) is 37.3 Å². The molecule has 1 aromatic carbocycles. The molecule has 2 heterocycles. The average Bonchev–Trinajstić information content (AvgIpc) is 2.85. The van der Waals surface area contributed by atoms with E-state index in [0.717, 1.165) is 11.3 Å². The lowest BCUT2D eigenvalue weighted by molar-refractivity contribution is -0.133. The van der Waals surface area contributed by atoms with E-state index in [9.17, 15) is 14.4 Å². The molecular formula is C24H31N5O4. The van der Waals surface area contributed by atoms with Crippen molar-refractivity contribution in [2.45, 2.75) is 26.7 Å². The van der Waals surface area contributed by atoms with E-state index in [1.165, 1.54) is 6.20 Å². The number of benzene rings is 1. The van der Waals surface area contributed by atoms with Gasteiger partial charge in [0.15, 0.2) is 0 Å². The number of hydrogen-bond donors (Lipinski definition) is 0. The first-order valence-corrected chi connectivity index (χ1v) is 11.3. The van der Waals surface area contributed by atoms with Gasteiger partial charge in [0.1, 0.15) is 5.69 Å². The maximum Gasteiger partial charge on any atom is 0.409 e. The van der Waals surface area contributed by atoms with Crippen LogP contribution in [0, 0.1) is 6.92 Å². The number of hydrogen-bond acceptors (Lipinski definition) is 6. The highest BCUT2D eigenvalue weighted by Crippen LogP contribution is 2.10. The minimum Gasteiger partial charge on any atom is -0.450 e. The first-order chi connectivity index (χ1) is 16.0. The van der Waals surface area contributed by atoms with E-state index in [4.69, 9.17) is 4.74 Å². The predicted octanol–water partition coefficient (Wildman–Crippen LogP) is 2.16. The third-order valence-electron chi connectivity index (χ3n) is 5.55. The summed E-state index contributed by atoms with van der Waals surface area (Å²) in [6, 6.07) is 9.92. The number of aryl methyl sites for hydroxylation is 1. The molecule has 9 nitrogen and oxygen atoms in total. The molecule has 0 atom stereocenters. The normalized spacial score (nSPS) is 13.5. The van der Waals surface area contributed by atoms with Crippen molar-refractivity contribution < 1.29 is 19.1 Å². The van der Waals surface area contributed by atoms with Crippen molar-refractivity contribution in [1.82, 2.24) is 24.7 Å². The van der Waals surface area contributed by atoms with Gasteiger partial charge in [0, 0.05) is 51.9 Å². The van der Waals surface area contributed by atoms with Gasteiger partial charge in [0.05, 0.1) is 18.5 Å². The topological polar surface area (TPSA) is 95.9 Å². The fourth-order valence-corrected chi connectivity index (χ4v) is 3.63. The van der Waals surface area contributed by atoms with Crippen LogP contribution in [0.15, 0.2) is 42.7 Å². The van der Waals surface area contributed by atoms with E-state index in [2.05, 4.69) is 9.97 Å². The van der Waals surface area contributed by atoms with Crippen molar-refractivity contribution in [3.63, 3.8) is 0 Å². The van der Waals surface area contributed by atoms with E-state index in [0.29, 0.717) is 45.8 Å². The highest BCUT2D eigenvalue weighted by Gasteiger charge is 2.26. The molecule has 0 saturated carbocycles. The second-order valence-electron chi connectivity index (χ2n) is 7.89. The van der Waals surface area contributed by atoms with E-state index in [1.54, 1.807) is 27.8 Å². The molecule has 9 heteroatoms. The summed E-state index contributed by atoms with van der Waals surface area (Å²) in [6.45, 7) is 6.48. The average molecular weight is 454 g/mol. The Labute approximate surface area is 194 Å². The molecule has 0 radical (unpaired) electrons. The minimum absolute atomic E-state index is 0.0361. The first kappa shape index (κ1) is 24.2. The Morgan fingerprint density at radius 3 is 2.30 bits per heavy atom. The first-order valence-electron chi connectivity index (χ1n) is 11.3. The van der Waals surface area contributed by atoms with Crippen LogP contribution in [0.25, 0.3) is 0 Å². The quantitative estimate of drug-likeness (QED) is 0.608. The SMILES string of the molecule is CCOC(=O)N1CCN(C(=O)CCN(CCc2ccccc2)C(=O)c2cnc(C)cn2)CC1. The van der Waals surface area contributed by atoms with Crippen molar-refractivity contribution in [3.8, 4) is 0 Å². The van der Waals surface area contributed by atoms with Gasteiger partial charge in [0.25, 0.3) is 5.91 Å². The van der Waals surface area contributed by atoms with Crippen LogP contribution < -0.4 is 0 Å². The van der Waals surface area contributed by atoms with Crippen LogP contribution in [0.5, 0.6) is 0 Å². The molecule has 0 unspecified atom stereocenters. The smallest absolute Gasteiger partial charge is 0.409 e. The number of piperazine rings is 1. The predicted molar refractivity (Wildman–Crippen MR) is 123 cm³/mol. The number of carbonyl (C=O) groups excluding carboxylic acids is 3. The summed E-state index contributed by atoms with van der Waals surface area (Å²) >= 11 is 0. The van der Waals surface area contributed by atoms with Crippen molar-refractivity contribution in [3.05, 3.63) is 59.7 Å². The Morgan fingerprint density at radius 2 is 1.67 bits per heavy atom. The van der Waals surface area contributed by atoms with Gasteiger partial charge in [-0.1, -0.05) is 30.3 Å². The van der Waals surface area contributed by atoms with Crippen molar-refractivity contribution in [1.29, 1.82) is 0 Å². The summed E-state index contributed by atoms with van der Waals surface area (Å²) < 4.78 is 5.02. The van der Waals surface area contributed by atoms with Crippen molar-refractivity contribution >= 4 is 17.9 Å². The van der Waals surface area contributed by atoms with Gasteiger partial charge in [-0.2, -0.15) is 0 Å². The van der Waals surface area contributed by atoms with Crippen molar-refractivity contribution in [2.24, 2.45) is 0 Å². The molecule has 3 rings (SSSR count). The molecular weight excluding hydrogens is 422 g/mol. The van der Waals surface area contributed by atoms with E-state index in [-0.39, 0.29) is 36.6 Å². The fraction of sp³-hybridized carbons (Fsp3) is 0.458. The summed E-state index contributed by atoms with van der Waals surface area (Å²) in [7, 11) is 0. The molecule has 176 valence electrons. The Hall–Kier alpha value is -3.49. The van der Waals surface area contributed by atoms with Crippen LogP contribution in [0.3, 0.4) is 0 Å². The van der Waals surface area contributed by atoms with Gasteiger partial charge < -0.3 is 19.4 Å². The lowest BCUT2D eigenvalue weighted by Gasteiger charge is -2.34. The zero-order chi connectivity index (χ0) is 23.6.